The van der Waals surface area contributed by atoms with E-state index in [9.17, 15) is 19.6 Å². The van der Waals surface area contributed by atoms with E-state index >= 15 is 4.39 Å². The van der Waals surface area contributed by atoms with Crippen molar-refractivity contribution >= 4 is 55.2 Å². The zero-order valence-corrected chi connectivity index (χ0v) is 16.2. The Morgan fingerprint density at radius 3 is 2.50 bits per heavy atom. The van der Waals surface area contributed by atoms with Crippen molar-refractivity contribution in [1.82, 2.24) is 9.55 Å². The lowest BCUT2D eigenvalue weighted by Gasteiger charge is -2.39. The maximum Gasteiger partial charge on any atom is 0.468 e. The van der Waals surface area contributed by atoms with Crippen LogP contribution in [0.5, 0.6) is 0 Å². The van der Waals surface area contributed by atoms with Crippen molar-refractivity contribution in [3.63, 3.8) is 0 Å². The molecule has 2 rings (SSSR count). The lowest BCUT2D eigenvalue weighted by molar-refractivity contribution is -0.240. The van der Waals surface area contributed by atoms with Crippen molar-refractivity contribution < 1.29 is 38.2 Å². The zero-order chi connectivity index (χ0) is 20.3. The molecular weight excluding hydrogens is 414 g/mol. The fraction of sp³-hybridized carbons (Fsp3) is 0.556. The van der Waals surface area contributed by atoms with E-state index in [1.165, 1.54) is 0 Å². The molecule has 142 valence electrons. The van der Waals surface area contributed by atoms with E-state index in [0.29, 0.717) is 4.57 Å². The van der Waals surface area contributed by atoms with E-state index in [-0.39, 0.29) is 9.66 Å². The molecule has 1 aliphatic heterocycles. The normalized spacial score (nSPS) is 32.7. The molecule has 0 aliphatic carbocycles. The average molecular weight is 428 g/mol. The van der Waals surface area contributed by atoms with Gasteiger partial charge in [-0.2, -0.15) is 0 Å². The van der Waals surface area contributed by atoms with Crippen molar-refractivity contribution in [3.8, 4) is 0 Å². The highest BCUT2D eigenvalue weighted by Gasteiger charge is 2.68. The van der Waals surface area contributed by atoms with Gasteiger partial charge in [-0.1, -0.05) is 23.8 Å². The summed E-state index contributed by atoms with van der Waals surface area (Å²) in [5, 5.41) is 18.0. The van der Waals surface area contributed by atoms with Crippen LogP contribution in [0.2, 0.25) is 5.02 Å². The summed E-state index contributed by atoms with van der Waals surface area (Å²) in [5.74, 6) is -3.30. The van der Waals surface area contributed by atoms with Crippen LogP contribution in [-0.4, -0.2) is 76.6 Å². The number of H-pyrrole nitrogens is 1. The molecule has 0 radical (unpaired) electrons. The van der Waals surface area contributed by atoms with E-state index in [1.807, 2.05) is 0 Å². The number of nitrogens with one attached hydrogen (secondary N) is 1. The number of ether oxygens (including phenoxy) is 1. The van der Waals surface area contributed by atoms with Crippen molar-refractivity contribution in [1.29, 1.82) is 0 Å². The highest BCUT2D eigenvalue weighted by molar-refractivity contribution is 7.71. The van der Waals surface area contributed by atoms with Crippen molar-refractivity contribution in [2.45, 2.75) is 29.1 Å². The van der Waals surface area contributed by atoms with Gasteiger partial charge in [0.05, 0.1) is 10.4 Å². The molecule has 17 heteroatoms. The summed E-state index contributed by atoms with van der Waals surface area (Å²) in [5.41, 5.74) is -3.13. The predicted octanol–water partition coefficient (Wildman–Crippen LogP) is -3.75. The summed E-state index contributed by atoms with van der Waals surface area (Å²) in [7, 11) is -2.31. The molecule has 2 heterocycles. The Hall–Kier alpha value is -0.495. The van der Waals surface area contributed by atoms with Gasteiger partial charge in [0.2, 0.25) is 0 Å². The molecule has 1 aliphatic rings. The number of phosphoric acid groups is 1. The quantitative estimate of drug-likeness (QED) is 0.185. The van der Waals surface area contributed by atoms with E-state index in [1.54, 1.807) is 0 Å². The topological polar surface area (TPSA) is 154 Å². The highest BCUT2D eigenvalue weighted by Crippen LogP contribution is 2.51. The summed E-state index contributed by atoms with van der Waals surface area (Å²) in [6.45, 7) is 0. The van der Waals surface area contributed by atoms with Crippen LogP contribution >= 0.6 is 31.6 Å². The first-order chi connectivity index (χ1) is 11.5. The number of halogens is 2. The molecule has 26 heavy (non-hydrogen) atoms. The maximum atomic E-state index is 15.5. The van der Waals surface area contributed by atoms with Gasteiger partial charge >= 0.3 is 13.5 Å². The van der Waals surface area contributed by atoms with Gasteiger partial charge in [-0.05, 0) is 0 Å². The predicted molar refractivity (Wildman–Crippen MR) is 97.3 cm³/mol. The van der Waals surface area contributed by atoms with E-state index < -0.39 is 42.6 Å². The van der Waals surface area contributed by atoms with Crippen LogP contribution in [0.1, 0.15) is 0 Å². The van der Waals surface area contributed by atoms with Gasteiger partial charge in [0.15, 0.2) is 7.85 Å². The van der Waals surface area contributed by atoms with Crippen molar-refractivity contribution in [2.75, 3.05) is 0 Å². The van der Waals surface area contributed by atoms with Crippen LogP contribution in [0.15, 0.2) is 11.0 Å². The number of aromatic nitrogens is 2. The van der Waals surface area contributed by atoms with Crippen LogP contribution < -0.4 is 5.69 Å². The number of alkyl halides is 1. The highest BCUT2D eigenvalue weighted by atomic mass is 35.5. The molecule has 1 aromatic heterocycles. The van der Waals surface area contributed by atoms with Gasteiger partial charge in [-0.3, -0.25) is 14.1 Å². The van der Waals surface area contributed by atoms with E-state index in [4.69, 9.17) is 38.3 Å². The third-order valence-electron chi connectivity index (χ3n) is 4.13. The number of aliphatic hydroxyl groups excluding tert-OH is 2. The molecule has 0 unspecified atom stereocenters. The minimum Gasteiger partial charge on any atom is -0.386 e. The summed E-state index contributed by atoms with van der Waals surface area (Å²) in [6, 6.07) is 0. The summed E-state index contributed by atoms with van der Waals surface area (Å²) >= 11 is 10.6. The molecule has 1 saturated heterocycles. The molecule has 10 nitrogen and oxygen atoms in total. The maximum absolute atomic E-state index is 15.5. The molecule has 0 bridgehead atoms. The Morgan fingerprint density at radius 1 is 1.46 bits per heavy atom. The Bertz CT molecular complexity index is 896. The van der Waals surface area contributed by atoms with Crippen LogP contribution in [0.3, 0.4) is 0 Å². The fourth-order valence-electron chi connectivity index (χ4n) is 2.73. The van der Waals surface area contributed by atoms with Gasteiger partial charge in [0, 0.05) is 6.20 Å². The molecule has 1 fully saturated rings. The monoisotopic (exact) mass is 428 g/mol. The first-order valence-corrected chi connectivity index (χ1v) is 9.40. The largest absolute Gasteiger partial charge is 0.468 e. The first kappa shape index (κ1) is 21.8. The van der Waals surface area contributed by atoms with E-state index in [0.717, 1.165) is 29.7 Å². The molecule has 1 aromatic rings. The molecule has 0 amide bonds. The second-order valence-electron chi connectivity index (χ2n) is 6.39. The van der Waals surface area contributed by atoms with Gasteiger partial charge in [0.1, 0.15) is 38.2 Å². The Kier molecular flexibility index (Phi) is 5.48. The summed E-state index contributed by atoms with van der Waals surface area (Å²) < 4.78 is 36.7. The SMILES string of the molecule is BC(B)(OP(=O)(O)O)[C@@]1(F)O[C@@](B)(n2cc(Cl)c(=S)[nH]c2=O)[C@H](O)[C@@H]1O. The van der Waals surface area contributed by atoms with Crippen LogP contribution in [0.25, 0.3) is 0 Å². The minimum atomic E-state index is -5.19. The number of aromatic amines is 1. The summed E-state index contributed by atoms with van der Waals surface area (Å²) in [4.78, 5) is 32.3. The van der Waals surface area contributed by atoms with Crippen molar-refractivity contribution in [2.24, 2.45) is 0 Å². The molecule has 4 atom stereocenters. The van der Waals surface area contributed by atoms with Crippen LogP contribution in [0, 0.1) is 4.64 Å². The second kappa shape index (κ2) is 6.54. The van der Waals surface area contributed by atoms with Gasteiger partial charge in [-0.15, -0.1) is 0 Å². The van der Waals surface area contributed by atoms with Crippen LogP contribution in [-0.2, 0) is 19.4 Å². The Labute approximate surface area is 158 Å². The third-order valence-corrected chi connectivity index (χ3v) is 5.54. The molecule has 5 N–H and O–H groups in total. The number of phosphoric ester groups is 1. The molecule has 0 saturated carbocycles. The Morgan fingerprint density at radius 2 is 2.00 bits per heavy atom. The minimum absolute atomic E-state index is 0.110. The number of nitrogens with zero attached hydrogens (tertiary/aromatic N) is 1. The lowest BCUT2D eigenvalue weighted by atomic mass is 9.59. The lowest BCUT2D eigenvalue weighted by Crippen LogP contribution is -2.60. The molecule has 0 aromatic carbocycles. The van der Waals surface area contributed by atoms with Gasteiger partial charge < -0.3 is 24.7 Å². The smallest absolute Gasteiger partial charge is 0.386 e. The van der Waals surface area contributed by atoms with Gasteiger partial charge in [-0.25, -0.2) is 13.8 Å². The van der Waals surface area contributed by atoms with Gasteiger partial charge in [0.25, 0.3) is 5.85 Å². The van der Waals surface area contributed by atoms with E-state index in [2.05, 4.69) is 9.51 Å². The number of aliphatic hydroxyl groups is 2. The fourth-order valence-corrected chi connectivity index (χ4v) is 3.73. The second-order valence-corrected chi connectivity index (χ2v) is 8.37. The number of hydrogen-bond donors (Lipinski definition) is 5. The number of rotatable bonds is 4. The standard InChI is InChI=1S/C9H14B3ClFN2O8PS/c10-8(16-1-2(13)5(26)15-6(16)19)4(18)3(17)7(14,23-8)9(11,12)24-25(20,21)22/h1,3-4,17-18H,10-12H2,(H,15,19,26)(H2,20,21,22)/t3-,4+,7-,8-/m0/s1. The zero-order valence-electron chi connectivity index (χ0n) is 13.7. The third kappa shape index (κ3) is 3.48. The summed E-state index contributed by atoms with van der Waals surface area (Å²) in [6.07, 6.45) is -3.39. The van der Waals surface area contributed by atoms with Crippen LogP contribution in [0.4, 0.5) is 4.39 Å². The average Bonchev–Trinajstić information content (AvgIpc) is 2.63. The Balaban J connectivity index is 2.59. The molecular formula is C9H14B3ClFN2O8PS. The molecule has 0 spiro atoms. The first-order valence-electron chi connectivity index (χ1n) is 7.08. The van der Waals surface area contributed by atoms with Crippen molar-refractivity contribution in [3.05, 3.63) is 26.3 Å². The number of hydrogen-bond acceptors (Lipinski definition) is 7.